The van der Waals surface area contributed by atoms with Crippen LogP contribution in [-0.4, -0.2) is 47.0 Å². The molecule has 0 unspecified atom stereocenters. The molecule has 1 aliphatic heterocycles. The number of aromatic nitrogens is 2. The summed E-state index contributed by atoms with van der Waals surface area (Å²) >= 11 is 0. The number of aromatic amines is 1. The van der Waals surface area contributed by atoms with Gasteiger partial charge in [0.25, 0.3) is 10.0 Å². The lowest BCUT2D eigenvalue weighted by Gasteiger charge is -2.12. The summed E-state index contributed by atoms with van der Waals surface area (Å²) in [4.78, 5) is 6.24. The summed E-state index contributed by atoms with van der Waals surface area (Å²) < 4.78 is 24.8. The molecular formula is C7H11N3O3S. The Morgan fingerprint density at radius 1 is 1.64 bits per heavy atom. The Morgan fingerprint density at radius 2 is 2.43 bits per heavy atom. The topological polar surface area (TPSA) is 86.3 Å². The highest BCUT2D eigenvalue weighted by Gasteiger charge is 2.32. The zero-order valence-electron chi connectivity index (χ0n) is 7.42. The number of aliphatic hydroxyl groups excluding tert-OH is 1. The number of rotatable bonds is 2. The number of sulfonamides is 1. The molecule has 1 saturated heterocycles. The summed E-state index contributed by atoms with van der Waals surface area (Å²) in [6, 6.07) is 0. The molecule has 0 aromatic carbocycles. The van der Waals surface area contributed by atoms with E-state index < -0.39 is 16.1 Å². The van der Waals surface area contributed by atoms with E-state index in [-0.39, 0.29) is 11.7 Å². The van der Waals surface area contributed by atoms with Crippen molar-refractivity contribution in [1.82, 2.24) is 14.3 Å². The van der Waals surface area contributed by atoms with Gasteiger partial charge in [-0.25, -0.2) is 13.4 Å². The maximum atomic E-state index is 11.8. The van der Waals surface area contributed by atoms with Crippen molar-refractivity contribution >= 4 is 10.0 Å². The number of imidazole rings is 1. The molecule has 0 spiro atoms. The van der Waals surface area contributed by atoms with E-state index in [1.54, 1.807) is 0 Å². The minimum absolute atomic E-state index is 0.0633. The summed E-state index contributed by atoms with van der Waals surface area (Å²) in [5.74, 6) is 0. The Kier molecular flexibility index (Phi) is 2.30. The molecule has 0 aliphatic carbocycles. The van der Waals surface area contributed by atoms with Gasteiger partial charge in [0.05, 0.1) is 6.10 Å². The fourth-order valence-electron chi connectivity index (χ4n) is 1.44. The smallest absolute Gasteiger partial charge is 0.276 e. The van der Waals surface area contributed by atoms with E-state index in [2.05, 4.69) is 9.97 Å². The maximum absolute atomic E-state index is 11.8. The number of aliphatic hydroxyl groups is 1. The first-order valence-electron chi connectivity index (χ1n) is 4.28. The molecule has 2 rings (SSSR count). The van der Waals surface area contributed by atoms with Gasteiger partial charge in [0.2, 0.25) is 5.16 Å². The molecule has 2 N–H and O–H groups in total. The largest absolute Gasteiger partial charge is 0.392 e. The van der Waals surface area contributed by atoms with E-state index >= 15 is 0 Å². The second-order valence-corrected chi connectivity index (χ2v) is 5.05. The summed E-state index contributed by atoms with van der Waals surface area (Å²) in [6.45, 7) is 0.507. The number of nitrogens with one attached hydrogen (secondary N) is 1. The number of hydrogen-bond acceptors (Lipinski definition) is 4. The fourth-order valence-corrected chi connectivity index (χ4v) is 2.81. The third-order valence-corrected chi connectivity index (χ3v) is 3.91. The lowest BCUT2D eigenvalue weighted by atomic mass is 10.3. The van der Waals surface area contributed by atoms with Crippen LogP contribution < -0.4 is 0 Å². The minimum Gasteiger partial charge on any atom is -0.392 e. The summed E-state index contributed by atoms with van der Waals surface area (Å²) in [6.07, 6.45) is 2.78. The van der Waals surface area contributed by atoms with E-state index in [1.165, 1.54) is 16.7 Å². The molecule has 1 atom stereocenters. The highest BCUT2D eigenvalue weighted by molar-refractivity contribution is 7.89. The normalized spacial score (nSPS) is 24.2. The fraction of sp³-hybridized carbons (Fsp3) is 0.571. The number of β-amino-alcohol motifs (C(OH)–C–C–N with tert-alkyl or cyclic N) is 1. The van der Waals surface area contributed by atoms with E-state index in [0.29, 0.717) is 13.0 Å². The second-order valence-electron chi connectivity index (χ2n) is 3.20. The van der Waals surface area contributed by atoms with E-state index in [4.69, 9.17) is 0 Å². The Morgan fingerprint density at radius 3 is 2.93 bits per heavy atom. The Labute approximate surface area is 81.6 Å². The highest BCUT2D eigenvalue weighted by atomic mass is 32.2. The van der Waals surface area contributed by atoms with Gasteiger partial charge in [-0.15, -0.1) is 0 Å². The monoisotopic (exact) mass is 217 g/mol. The van der Waals surface area contributed by atoms with Crippen molar-refractivity contribution < 1.29 is 13.5 Å². The van der Waals surface area contributed by atoms with Gasteiger partial charge < -0.3 is 10.1 Å². The molecule has 14 heavy (non-hydrogen) atoms. The average Bonchev–Trinajstić information content (AvgIpc) is 2.72. The summed E-state index contributed by atoms with van der Waals surface area (Å²) in [5, 5.41) is 9.16. The molecule has 0 saturated carbocycles. The predicted octanol–water partition coefficient (Wildman–Crippen LogP) is -0.835. The SMILES string of the molecule is O=S(=O)(c1ncc[nH]1)N1CC[C@H](O)C1. The molecule has 0 radical (unpaired) electrons. The molecule has 1 aromatic rings. The first-order chi connectivity index (χ1) is 6.60. The van der Waals surface area contributed by atoms with Crippen molar-refractivity contribution in [2.45, 2.75) is 17.7 Å². The Balaban J connectivity index is 2.26. The molecule has 0 bridgehead atoms. The van der Waals surface area contributed by atoms with E-state index in [9.17, 15) is 13.5 Å². The zero-order valence-corrected chi connectivity index (χ0v) is 8.24. The first-order valence-corrected chi connectivity index (χ1v) is 5.72. The van der Waals surface area contributed by atoms with Gasteiger partial charge in [-0.1, -0.05) is 0 Å². The van der Waals surface area contributed by atoms with Gasteiger partial charge in [-0.3, -0.25) is 0 Å². The van der Waals surface area contributed by atoms with Crippen molar-refractivity contribution in [2.24, 2.45) is 0 Å². The van der Waals surface area contributed by atoms with Crippen molar-refractivity contribution in [3.8, 4) is 0 Å². The summed E-state index contributed by atoms with van der Waals surface area (Å²) in [7, 11) is -3.52. The Bertz CT molecular complexity index is 400. The molecule has 1 aliphatic rings. The average molecular weight is 217 g/mol. The third-order valence-electron chi connectivity index (χ3n) is 2.18. The minimum atomic E-state index is -3.52. The lowest BCUT2D eigenvalue weighted by molar-refractivity contribution is 0.189. The van der Waals surface area contributed by atoms with Gasteiger partial charge in [0, 0.05) is 25.5 Å². The van der Waals surface area contributed by atoms with Crippen LogP contribution in [-0.2, 0) is 10.0 Å². The number of hydrogen-bond donors (Lipinski definition) is 2. The molecule has 6 nitrogen and oxygen atoms in total. The van der Waals surface area contributed by atoms with Gasteiger partial charge in [-0.05, 0) is 6.42 Å². The van der Waals surface area contributed by atoms with Gasteiger partial charge in [0.1, 0.15) is 0 Å². The molecule has 1 aromatic heterocycles. The Hall–Kier alpha value is -0.920. The quantitative estimate of drug-likeness (QED) is 0.676. The third kappa shape index (κ3) is 1.54. The van der Waals surface area contributed by atoms with Crippen molar-refractivity contribution in [3.63, 3.8) is 0 Å². The first kappa shape index (κ1) is 9.63. The predicted molar refractivity (Wildman–Crippen MR) is 48.0 cm³/mol. The molecule has 2 heterocycles. The molecule has 1 fully saturated rings. The van der Waals surface area contributed by atoms with Crippen LogP contribution in [0.15, 0.2) is 17.6 Å². The number of nitrogens with zero attached hydrogens (tertiary/aromatic N) is 2. The second kappa shape index (κ2) is 3.34. The van der Waals surface area contributed by atoms with Crippen LogP contribution in [0.1, 0.15) is 6.42 Å². The van der Waals surface area contributed by atoms with Crippen molar-refractivity contribution in [1.29, 1.82) is 0 Å². The molecule has 0 amide bonds. The number of H-pyrrole nitrogens is 1. The van der Waals surface area contributed by atoms with Crippen LogP contribution in [0.25, 0.3) is 0 Å². The van der Waals surface area contributed by atoms with Gasteiger partial charge in [-0.2, -0.15) is 4.31 Å². The van der Waals surface area contributed by atoms with Crippen molar-refractivity contribution in [2.75, 3.05) is 13.1 Å². The maximum Gasteiger partial charge on any atom is 0.276 e. The lowest BCUT2D eigenvalue weighted by Crippen LogP contribution is -2.30. The molecule has 78 valence electrons. The van der Waals surface area contributed by atoms with Crippen LogP contribution in [0.2, 0.25) is 0 Å². The van der Waals surface area contributed by atoms with E-state index in [0.717, 1.165) is 0 Å². The van der Waals surface area contributed by atoms with Crippen LogP contribution in [0.4, 0.5) is 0 Å². The van der Waals surface area contributed by atoms with E-state index in [1.807, 2.05) is 0 Å². The van der Waals surface area contributed by atoms with Gasteiger partial charge >= 0.3 is 0 Å². The molecular weight excluding hydrogens is 206 g/mol. The standard InChI is InChI=1S/C7H11N3O3S/c11-6-1-4-10(5-6)14(12,13)7-8-2-3-9-7/h2-3,6,11H,1,4-5H2,(H,8,9)/t6-/m0/s1. The van der Waals surface area contributed by atoms with Crippen LogP contribution in [0.5, 0.6) is 0 Å². The van der Waals surface area contributed by atoms with Gasteiger partial charge in [0.15, 0.2) is 0 Å². The van der Waals surface area contributed by atoms with Crippen LogP contribution in [0, 0.1) is 0 Å². The summed E-state index contributed by atoms with van der Waals surface area (Å²) in [5.41, 5.74) is 0. The highest BCUT2D eigenvalue weighted by Crippen LogP contribution is 2.17. The van der Waals surface area contributed by atoms with Crippen LogP contribution in [0.3, 0.4) is 0 Å². The van der Waals surface area contributed by atoms with Crippen LogP contribution >= 0.6 is 0 Å². The molecule has 7 heteroatoms. The van der Waals surface area contributed by atoms with Crippen molar-refractivity contribution in [3.05, 3.63) is 12.4 Å². The zero-order chi connectivity index (χ0) is 10.2.